The van der Waals surface area contributed by atoms with Crippen molar-refractivity contribution < 1.29 is 18.1 Å². The molecule has 5 nitrogen and oxygen atoms in total. The molecule has 3 rings (SSSR count). The number of hydrogen-bond donors (Lipinski definition) is 1. The van der Waals surface area contributed by atoms with Crippen molar-refractivity contribution in [3.63, 3.8) is 0 Å². The number of fused-ring (bicyclic) bond motifs is 1. The van der Waals surface area contributed by atoms with Gasteiger partial charge in [-0.25, -0.2) is 0 Å². The fraction of sp³-hybridized carbons (Fsp3) is 0.0714. The van der Waals surface area contributed by atoms with Crippen molar-refractivity contribution in [3.8, 4) is 5.69 Å². The van der Waals surface area contributed by atoms with Crippen molar-refractivity contribution in [1.82, 2.24) is 9.55 Å². The first-order valence-corrected chi connectivity index (χ1v) is 6.75. The van der Waals surface area contributed by atoms with Gasteiger partial charge in [0.1, 0.15) is 0 Å². The van der Waals surface area contributed by atoms with Gasteiger partial charge in [0.25, 0.3) is 5.69 Å². The lowest BCUT2D eigenvalue weighted by atomic mass is 10.2. The Bertz CT molecular complexity index is 975. The minimum absolute atomic E-state index is 0.134. The maximum atomic E-state index is 12.8. The van der Waals surface area contributed by atoms with E-state index in [0.717, 1.165) is 12.1 Å². The Labute approximate surface area is 132 Å². The third kappa shape index (κ3) is 2.70. The van der Waals surface area contributed by atoms with E-state index in [0.29, 0.717) is 11.0 Å². The van der Waals surface area contributed by atoms with Crippen molar-refractivity contribution in [3.05, 3.63) is 62.9 Å². The molecule has 1 aromatic heterocycles. The lowest BCUT2D eigenvalue weighted by Crippen LogP contribution is -2.06. The van der Waals surface area contributed by atoms with Gasteiger partial charge in [0.05, 0.1) is 21.5 Å². The monoisotopic (exact) mass is 339 g/mol. The van der Waals surface area contributed by atoms with Gasteiger partial charge in [0.15, 0.2) is 4.77 Å². The highest BCUT2D eigenvalue weighted by Crippen LogP contribution is 2.31. The maximum absolute atomic E-state index is 12.8. The van der Waals surface area contributed by atoms with E-state index in [4.69, 9.17) is 12.2 Å². The lowest BCUT2D eigenvalue weighted by molar-refractivity contribution is -0.384. The Balaban J connectivity index is 2.23. The van der Waals surface area contributed by atoms with Crippen molar-refractivity contribution in [1.29, 1.82) is 0 Å². The molecule has 0 aliphatic heterocycles. The molecule has 118 valence electrons. The van der Waals surface area contributed by atoms with Gasteiger partial charge >= 0.3 is 6.18 Å². The largest absolute Gasteiger partial charge is 0.416 e. The van der Waals surface area contributed by atoms with E-state index in [1.54, 1.807) is 0 Å². The number of nitrogens with zero attached hydrogens (tertiary/aromatic N) is 2. The van der Waals surface area contributed by atoms with Crippen LogP contribution in [0.5, 0.6) is 0 Å². The molecule has 0 saturated heterocycles. The van der Waals surface area contributed by atoms with Crippen molar-refractivity contribution >= 4 is 28.9 Å². The molecule has 1 heterocycles. The number of benzene rings is 2. The number of imidazole rings is 1. The first-order chi connectivity index (χ1) is 10.8. The summed E-state index contributed by atoms with van der Waals surface area (Å²) in [6.45, 7) is 0. The van der Waals surface area contributed by atoms with Crippen molar-refractivity contribution in [2.75, 3.05) is 0 Å². The highest BCUT2D eigenvalue weighted by molar-refractivity contribution is 7.71. The van der Waals surface area contributed by atoms with Crippen LogP contribution >= 0.6 is 12.2 Å². The van der Waals surface area contributed by atoms with E-state index in [1.165, 1.54) is 34.9 Å². The van der Waals surface area contributed by atoms with E-state index in [1.807, 2.05) is 0 Å². The van der Waals surface area contributed by atoms with Crippen LogP contribution in [-0.2, 0) is 6.18 Å². The minimum atomic E-state index is -4.47. The van der Waals surface area contributed by atoms with E-state index >= 15 is 0 Å². The van der Waals surface area contributed by atoms with Gasteiger partial charge in [-0.1, -0.05) is 6.07 Å². The van der Waals surface area contributed by atoms with Crippen molar-refractivity contribution in [2.45, 2.75) is 6.18 Å². The summed E-state index contributed by atoms with van der Waals surface area (Å²) in [4.78, 5) is 13.0. The summed E-state index contributed by atoms with van der Waals surface area (Å²) >= 11 is 5.14. The maximum Gasteiger partial charge on any atom is 0.416 e. The topological polar surface area (TPSA) is 63.9 Å². The molecular formula is C14H8F3N3O2S. The minimum Gasteiger partial charge on any atom is -0.330 e. The summed E-state index contributed by atoms with van der Waals surface area (Å²) in [5.41, 5.74) is 0.129. The SMILES string of the molecule is O=[N+]([O-])c1ccc2c(c1)[nH]c(=S)n2-c1cccc(C(F)(F)F)c1. The molecule has 23 heavy (non-hydrogen) atoms. The summed E-state index contributed by atoms with van der Waals surface area (Å²) in [7, 11) is 0. The summed E-state index contributed by atoms with van der Waals surface area (Å²) in [5.74, 6) is 0. The molecule has 2 aromatic carbocycles. The number of nitro groups is 1. The summed E-state index contributed by atoms with van der Waals surface area (Å²) < 4.78 is 40.1. The average molecular weight is 339 g/mol. The van der Waals surface area contributed by atoms with Crippen molar-refractivity contribution in [2.24, 2.45) is 0 Å². The Kier molecular flexibility index (Phi) is 3.44. The third-order valence-electron chi connectivity index (χ3n) is 3.31. The van der Waals surface area contributed by atoms with Gasteiger partial charge in [0.2, 0.25) is 0 Å². The molecule has 0 unspecified atom stereocenters. The van der Waals surface area contributed by atoms with E-state index in [9.17, 15) is 23.3 Å². The number of alkyl halides is 3. The standard InChI is InChI=1S/C14H8F3N3O2S/c15-14(16,17)8-2-1-3-9(6-8)19-12-5-4-10(20(21)22)7-11(12)18-13(19)23/h1-7H,(H,18,23). The zero-order chi connectivity index (χ0) is 16.8. The molecule has 0 spiro atoms. The number of halogens is 3. The molecule has 0 fully saturated rings. The normalized spacial score (nSPS) is 11.8. The number of nitrogens with one attached hydrogen (secondary N) is 1. The molecule has 1 N–H and O–H groups in total. The smallest absolute Gasteiger partial charge is 0.330 e. The molecule has 0 saturated carbocycles. The van der Waals surface area contributed by atoms with Crippen LogP contribution in [0.1, 0.15) is 5.56 Å². The highest BCUT2D eigenvalue weighted by atomic mass is 32.1. The Morgan fingerprint density at radius 2 is 1.91 bits per heavy atom. The van der Waals surface area contributed by atoms with Crippen LogP contribution in [0.3, 0.4) is 0 Å². The Morgan fingerprint density at radius 3 is 2.57 bits per heavy atom. The molecule has 3 aromatic rings. The van der Waals surface area contributed by atoms with Gasteiger partial charge in [-0.15, -0.1) is 0 Å². The number of rotatable bonds is 2. The van der Waals surface area contributed by atoms with E-state index in [-0.39, 0.29) is 16.1 Å². The molecule has 0 atom stereocenters. The summed E-state index contributed by atoms with van der Waals surface area (Å²) in [6, 6.07) is 8.71. The first kappa shape index (κ1) is 15.2. The number of hydrogen-bond acceptors (Lipinski definition) is 3. The number of non-ortho nitro benzene ring substituents is 1. The highest BCUT2D eigenvalue weighted by Gasteiger charge is 2.30. The van der Waals surface area contributed by atoms with Crippen LogP contribution in [-0.4, -0.2) is 14.5 Å². The summed E-state index contributed by atoms with van der Waals surface area (Å²) in [6.07, 6.45) is -4.47. The quantitative estimate of drug-likeness (QED) is 0.421. The number of aromatic amines is 1. The van der Waals surface area contributed by atoms with Crippen LogP contribution < -0.4 is 0 Å². The third-order valence-corrected chi connectivity index (χ3v) is 3.59. The van der Waals surface area contributed by atoms with Crippen LogP contribution in [0.2, 0.25) is 0 Å². The van der Waals surface area contributed by atoms with Crippen LogP contribution in [0.25, 0.3) is 16.7 Å². The summed E-state index contributed by atoms with van der Waals surface area (Å²) in [5, 5.41) is 10.8. The molecular weight excluding hydrogens is 331 g/mol. The molecule has 0 radical (unpaired) electrons. The molecule has 9 heteroatoms. The van der Waals surface area contributed by atoms with Gasteiger partial charge in [-0.2, -0.15) is 13.2 Å². The molecule has 0 bridgehead atoms. The van der Waals surface area contributed by atoms with Gasteiger partial charge in [-0.3, -0.25) is 14.7 Å². The first-order valence-electron chi connectivity index (χ1n) is 6.34. The van der Waals surface area contributed by atoms with Crippen LogP contribution in [0.15, 0.2) is 42.5 Å². The Morgan fingerprint density at radius 1 is 1.17 bits per heavy atom. The van der Waals surface area contributed by atoms with Gasteiger partial charge in [0, 0.05) is 17.8 Å². The van der Waals surface area contributed by atoms with Gasteiger partial charge < -0.3 is 4.98 Å². The molecule has 0 aliphatic carbocycles. The fourth-order valence-electron chi connectivity index (χ4n) is 2.29. The predicted octanol–water partition coefficient (Wildman–Crippen LogP) is 4.62. The predicted molar refractivity (Wildman–Crippen MR) is 80.1 cm³/mol. The number of aromatic nitrogens is 2. The number of nitro benzene ring substituents is 1. The average Bonchev–Trinajstić information content (AvgIpc) is 2.81. The second kappa shape index (κ2) is 5.20. The zero-order valence-corrected chi connectivity index (χ0v) is 12.1. The second-order valence-electron chi connectivity index (χ2n) is 4.77. The number of H-pyrrole nitrogens is 1. The van der Waals surface area contributed by atoms with E-state index < -0.39 is 16.7 Å². The lowest BCUT2D eigenvalue weighted by Gasteiger charge is -2.10. The van der Waals surface area contributed by atoms with Crippen LogP contribution in [0, 0.1) is 14.9 Å². The van der Waals surface area contributed by atoms with Gasteiger partial charge in [-0.05, 0) is 36.5 Å². The van der Waals surface area contributed by atoms with E-state index in [2.05, 4.69) is 4.98 Å². The Hall–Kier alpha value is -2.68. The zero-order valence-electron chi connectivity index (χ0n) is 11.3. The van der Waals surface area contributed by atoms with Crippen LogP contribution in [0.4, 0.5) is 18.9 Å². The fourth-order valence-corrected chi connectivity index (χ4v) is 2.60. The molecule has 0 amide bonds. The molecule has 0 aliphatic rings. The second-order valence-corrected chi connectivity index (χ2v) is 5.16.